The molecular formula is C14H21NO3S. The number of nitrogens with one attached hydrogen (secondary N) is 1. The van der Waals surface area contributed by atoms with E-state index in [1.54, 1.807) is 18.4 Å². The first-order valence-corrected chi connectivity index (χ1v) is 7.22. The summed E-state index contributed by atoms with van der Waals surface area (Å²) in [6.07, 6.45) is 1.31. The van der Waals surface area contributed by atoms with E-state index < -0.39 is 0 Å². The molecule has 0 fully saturated rings. The van der Waals surface area contributed by atoms with E-state index in [1.165, 1.54) is 0 Å². The quantitative estimate of drug-likeness (QED) is 0.589. The van der Waals surface area contributed by atoms with E-state index in [-0.39, 0.29) is 24.5 Å². The van der Waals surface area contributed by atoms with Crippen LogP contribution in [0.2, 0.25) is 0 Å². The van der Waals surface area contributed by atoms with Crippen molar-refractivity contribution in [1.82, 2.24) is 5.32 Å². The molecule has 0 aliphatic rings. The lowest BCUT2D eigenvalue weighted by Crippen LogP contribution is -2.25. The summed E-state index contributed by atoms with van der Waals surface area (Å²) in [5.74, 6) is -0.0250. The summed E-state index contributed by atoms with van der Waals surface area (Å²) in [5.41, 5.74) is 0.759. The van der Waals surface area contributed by atoms with Gasteiger partial charge < -0.3 is 10.1 Å². The normalized spacial score (nSPS) is 10.5. The van der Waals surface area contributed by atoms with Crippen LogP contribution in [0, 0.1) is 13.8 Å². The predicted molar refractivity (Wildman–Crippen MR) is 76.9 cm³/mol. The molecule has 106 valence electrons. The Kier molecular flexibility index (Phi) is 6.73. The summed E-state index contributed by atoms with van der Waals surface area (Å²) >= 11 is 1.62. The zero-order valence-electron chi connectivity index (χ0n) is 11.7. The van der Waals surface area contributed by atoms with Gasteiger partial charge in [-0.25, -0.2) is 0 Å². The van der Waals surface area contributed by atoms with Gasteiger partial charge in [0.1, 0.15) is 0 Å². The van der Waals surface area contributed by atoms with Gasteiger partial charge in [0.25, 0.3) is 0 Å². The first-order chi connectivity index (χ1) is 9.04. The average molecular weight is 283 g/mol. The molecule has 1 rings (SSSR count). The average Bonchev–Trinajstić information content (AvgIpc) is 2.71. The maximum Gasteiger partial charge on any atom is 0.220 e. The second-order valence-electron chi connectivity index (χ2n) is 4.45. The van der Waals surface area contributed by atoms with Gasteiger partial charge in [-0.1, -0.05) is 0 Å². The number of thiophene rings is 1. The summed E-state index contributed by atoms with van der Waals surface area (Å²) in [5, 5.41) is 2.78. The van der Waals surface area contributed by atoms with E-state index >= 15 is 0 Å². The van der Waals surface area contributed by atoms with E-state index in [2.05, 4.69) is 5.32 Å². The van der Waals surface area contributed by atoms with Crippen LogP contribution >= 0.6 is 11.3 Å². The fraction of sp³-hybridized carbons (Fsp3) is 0.571. The van der Waals surface area contributed by atoms with Crippen molar-refractivity contribution in [3.05, 3.63) is 21.4 Å². The number of ether oxygens (including phenoxy) is 1. The van der Waals surface area contributed by atoms with Gasteiger partial charge >= 0.3 is 0 Å². The van der Waals surface area contributed by atoms with Crippen LogP contribution in [0.4, 0.5) is 0 Å². The lowest BCUT2D eigenvalue weighted by molar-refractivity contribution is -0.121. The van der Waals surface area contributed by atoms with Crippen LogP contribution in [-0.2, 0) is 9.53 Å². The van der Waals surface area contributed by atoms with Crippen molar-refractivity contribution in [2.45, 2.75) is 33.1 Å². The summed E-state index contributed by atoms with van der Waals surface area (Å²) in [4.78, 5) is 25.7. The SMILES string of the molecule is COCCCNC(=O)CCC(=O)c1cc(C)sc1C. The Labute approximate surface area is 118 Å². The third kappa shape index (κ3) is 5.53. The highest BCUT2D eigenvalue weighted by atomic mass is 32.1. The summed E-state index contributed by atoms with van der Waals surface area (Å²) in [6, 6.07) is 1.90. The molecule has 1 N–H and O–H groups in total. The molecular weight excluding hydrogens is 262 g/mol. The molecule has 0 aliphatic carbocycles. The zero-order chi connectivity index (χ0) is 14.3. The summed E-state index contributed by atoms with van der Waals surface area (Å²) < 4.78 is 4.89. The molecule has 1 heterocycles. The number of carbonyl (C=O) groups excluding carboxylic acids is 2. The van der Waals surface area contributed by atoms with Gasteiger partial charge in [0.15, 0.2) is 5.78 Å². The van der Waals surface area contributed by atoms with Crippen molar-refractivity contribution in [2.24, 2.45) is 0 Å². The molecule has 4 nitrogen and oxygen atoms in total. The molecule has 0 bridgehead atoms. The summed E-state index contributed by atoms with van der Waals surface area (Å²) in [6.45, 7) is 5.15. The number of hydrogen-bond acceptors (Lipinski definition) is 4. The first-order valence-electron chi connectivity index (χ1n) is 6.40. The molecule has 1 aromatic heterocycles. The fourth-order valence-corrected chi connectivity index (χ4v) is 2.74. The molecule has 0 radical (unpaired) electrons. The number of amides is 1. The maximum absolute atomic E-state index is 12.0. The number of Topliss-reactive ketones (excluding diaryl/α,β-unsaturated/α-hetero) is 1. The van der Waals surface area contributed by atoms with E-state index in [9.17, 15) is 9.59 Å². The molecule has 0 atom stereocenters. The Morgan fingerprint density at radius 3 is 2.63 bits per heavy atom. The van der Waals surface area contributed by atoms with Crippen molar-refractivity contribution in [3.63, 3.8) is 0 Å². The van der Waals surface area contributed by atoms with Crippen LogP contribution in [0.1, 0.15) is 39.4 Å². The van der Waals surface area contributed by atoms with Crippen LogP contribution < -0.4 is 5.32 Å². The second-order valence-corrected chi connectivity index (χ2v) is 5.91. The largest absolute Gasteiger partial charge is 0.385 e. The van der Waals surface area contributed by atoms with Crippen molar-refractivity contribution >= 4 is 23.0 Å². The van der Waals surface area contributed by atoms with Gasteiger partial charge in [-0.15, -0.1) is 11.3 Å². The highest BCUT2D eigenvalue weighted by Gasteiger charge is 2.13. The van der Waals surface area contributed by atoms with E-state index in [0.29, 0.717) is 13.2 Å². The van der Waals surface area contributed by atoms with Crippen LogP contribution in [0.5, 0.6) is 0 Å². The Morgan fingerprint density at radius 2 is 2.05 bits per heavy atom. The monoisotopic (exact) mass is 283 g/mol. The Morgan fingerprint density at radius 1 is 1.32 bits per heavy atom. The molecule has 0 saturated heterocycles. The van der Waals surface area contributed by atoms with Crippen LogP contribution in [0.25, 0.3) is 0 Å². The Balaban J connectivity index is 2.30. The third-order valence-electron chi connectivity index (χ3n) is 2.77. The van der Waals surface area contributed by atoms with Gasteiger partial charge in [0.05, 0.1) is 0 Å². The van der Waals surface area contributed by atoms with E-state index in [4.69, 9.17) is 4.74 Å². The highest BCUT2D eigenvalue weighted by molar-refractivity contribution is 7.12. The van der Waals surface area contributed by atoms with Crippen LogP contribution in [0.15, 0.2) is 6.07 Å². The lowest BCUT2D eigenvalue weighted by atomic mass is 10.1. The van der Waals surface area contributed by atoms with Crippen LogP contribution in [0.3, 0.4) is 0 Å². The molecule has 1 aromatic rings. The molecule has 5 heteroatoms. The molecule has 1 amide bonds. The number of aryl methyl sites for hydroxylation is 2. The standard InChI is InChI=1S/C14H21NO3S/c1-10-9-12(11(2)19-10)13(16)5-6-14(17)15-7-4-8-18-3/h9H,4-8H2,1-3H3,(H,15,17). The maximum atomic E-state index is 12.0. The molecule has 0 unspecified atom stereocenters. The number of carbonyl (C=O) groups is 2. The Hall–Kier alpha value is -1.20. The van der Waals surface area contributed by atoms with Gasteiger partial charge in [0.2, 0.25) is 5.91 Å². The van der Waals surface area contributed by atoms with Crippen molar-refractivity contribution in [2.75, 3.05) is 20.3 Å². The zero-order valence-corrected chi connectivity index (χ0v) is 12.6. The lowest BCUT2D eigenvalue weighted by Gasteiger charge is -2.04. The number of methoxy groups -OCH3 is 1. The fourth-order valence-electron chi connectivity index (χ4n) is 1.80. The van der Waals surface area contributed by atoms with Gasteiger partial charge in [-0.2, -0.15) is 0 Å². The minimum absolute atomic E-state index is 0.0499. The van der Waals surface area contributed by atoms with Crippen molar-refractivity contribution in [3.8, 4) is 0 Å². The molecule has 0 saturated carbocycles. The van der Waals surface area contributed by atoms with Gasteiger partial charge in [0, 0.05) is 48.4 Å². The van der Waals surface area contributed by atoms with E-state index in [1.807, 2.05) is 19.9 Å². The van der Waals surface area contributed by atoms with E-state index in [0.717, 1.165) is 21.7 Å². The third-order valence-corrected chi connectivity index (χ3v) is 3.73. The summed E-state index contributed by atoms with van der Waals surface area (Å²) in [7, 11) is 1.63. The smallest absolute Gasteiger partial charge is 0.220 e. The second kappa shape index (κ2) is 8.07. The number of hydrogen-bond donors (Lipinski definition) is 1. The highest BCUT2D eigenvalue weighted by Crippen LogP contribution is 2.22. The molecule has 0 aromatic carbocycles. The molecule has 19 heavy (non-hydrogen) atoms. The number of ketones is 1. The Bertz CT molecular complexity index is 440. The molecule has 0 aliphatic heterocycles. The minimum Gasteiger partial charge on any atom is -0.385 e. The van der Waals surface area contributed by atoms with Gasteiger partial charge in [-0.3, -0.25) is 9.59 Å². The first kappa shape index (κ1) is 15.9. The van der Waals surface area contributed by atoms with Gasteiger partial charge in [-0.05, 0) is 26.3 Å². The molecule has 0 spiro atoms. The number of rotatable bonds is 8. The predicted octanol–water partition coefficient (Wildman–Crippen LogP) is 2.48. The van der Waals surface area contributed by atoms with Crippen LogP contribution in [-0.4, -0.2) is 32.0 Å². The minimum atomic E-state index is -0.0749. The van der Waals surface area contributed by atoms with Crippen molar-refractivity contribution < 1.29 is 14.3 Å². The van der Waals surface area contributed by atoms with Crippen molar-refractivity contribution in [1.29, 1.82) is 0 Å². The topological polar surface area (TPSA) is 55.4 Å².